The third-order valence-corrected chi connectivity index (χ3v) is 2.62. The van der Waals surface area contributed by atoms with Crippen LogP contribution in [0.25, 0.3) is 0 Å². The molecule has 1 aromatic carbocycles. The molecule has 0 aromatic heterocycles. The van der Waals surface area contributed by atoms with Gasteiger partial charge in [0.05, 0.1) is 10.8 Å². The fourth-order valence-electron chi connectivity index (χ4n) is 1.46. The van der Waals surface area contributed by atoms with Crippen molar-refractivity contribution in [3.8, 4) is 5.75 Å². The van der Waals surface area contributed by atoms with Gasteiger partial charge in [-0.05, 0) is 5.41 Å². The third kappa shape index (κ3) is 2.44. The second kappa shape index (κ2) is 4.29. The Labute approximate surface area is 99.0 Å². The van der Waals surface area contributed by atoms with Gasteiger partial charge in [0, 0.05) is 23.3 Å². The average molecular weight is 244 g/mol. The highest BCUT2D eigenvalue weighted by Gasteiger charge is 2.24. The first-order valence-electron chi connectivity index (χ1n) is 4.84. The summed E-state index contributed by atoms with van der Waals surface area (Å²) >= 11 is 5.65. The molecule has 0 aliphatic heterocycles. The minimum atomic E-state index is -0.481. The second-order valence-corrected chi connectivity index (χ2v) is 4.91. The third-order valence-electron chi connectivity index (χ3n) is 2.34. The molecule has 0 amide bonds. The number of nitro benzene ring substituents is 1. The van der Waals surface area contributed by atoms with Gasteiger partial charge in [0.1, 0.15) is 5.75 Å². The van der Waals surface area contributed by atoms with Crippen molar-refractivity contribution in [2.24, 2.45) is 0 Å². The summed E-state index contributed by atoms with van der Waals surface area (Å²) in [6, 6.07) is 2.70. The molecular weight excluding hydrogens is 230 g/mol. The van der Waals surface area contributed by atoms with Crippen molar-refractivity contribution in [1.82, 2.24) is 0 Å². The Morgan fingerprint density at radius 1 is 1.44 bits per heavy atom. The number of hydrogen-bond donors (Lipinski definition) is 1. The smallest absolute Gasteiger partial charge is 0.270 e. The van der Waals surface area contributed by atoms with Crippen molar-refractivity contribution < 1.29 is 10.0 Å². The lowest BCUT2D eigenvalue weighted by Gasteiger charge is -2.21. The normalized spacial score (nSPS) is 11.5. The van der Waals surface area contributed by atoms with Gasteiger partial charge in [-0.15, -0.1) is 11.6 Å². The first-order valence-corrected chi connectivity index (χ1v) is 5.37. The number of nitro groups is 1. The Kier molecular flexibility index (Phi) is 3.43. The van der Waals surface area contributed by atoms with Crippen LogP contribution in [0.1, 0.15) is 31.9 Å². The number of hydrogen-bond acceptors (Lipinski definition) is 3. The van der Waals surface area contributed by atoms with Gasteiger partial charge in [-0.25, -0.2) is 0 Å². The van der Waals surface area contributed by atoms with Gasteiger partial charge in [-0.2, -0.15) is 0 Å². The van der Waals surface area contributed by atoms with E-state index < -0.39 is 4.92 Å². The first kappa shape index (κ1) is 12.8. The van der Waals surface area contributed by atoms with Crippen LogP contribution in [0.5, 0.6) is 5.75 Å². The van der Waals surface area contributed by atoms with Gasteiger partial charge >= 0.3 is 0 Å². The SMILES string of the molecule is CC(C)(C)c1cc([N+](=O)[O-])cc(CCl)c1O. The summed E-state index contributed by atoms with van der Waals surface area (Å²) in [6.45, 7) is 5.64. The molecular formula is C11H14ClNO3. The highest BCUT2D eigenvalue weighted by Crippen LogP contribution is 2.37. The number of nitrogens with zero attached hydrogens (tertiary/aromatic N) is 1. The van der Waals surface area contributed by atoms with Crippen molar-refractivity contribution >= 4 is 17.3 Å². The lowest BCUT2D eigenvalue weighted by atomic mass is 9.85. The van der Waals surface area contributed by atoms with Crippen LogP contribution < -0.4 is 0 Å². The van der Waals surface area contributed by atoms with E-state index in [4.69, 9.17) is 11.6 Å². The Morgan fingerprint density at radius 2 is 2.00 bits per heavy atom. The van der Waals surface area contributed by atoms with Gasteiger partial charge in [-0.1, -0.05) is 20.8 Å². The molecule has 0 saturated carbocycles. The summed E-state index contributed by atoms with van der Waals surface area (Å²) in [7, 11) is 0. The molecule has 1 N–H and O–H groups in total. The molecule has 1 aromatic rings. The van der Waals surface area contributed by atoms with Crippen LogP contribution in [-0.4, -0.2) is 10.0 Å². The number of phenolic OH excluding ortho intramolecular Hbond substituents is 1. The zero-order chi connectivity index (χ0) is 12.5. The van der Waals surface area contributed by atoms with Crippen LogP contribution in [0.3, 0.4) is 0 Å². The highest BCUT2D eigenvalue weighted by atomic mass is 35.5. The van der Waals surface area contributed by atoms with Crippen LogP contribution >= 0.6 is 11.6 Å². The molecule has 0 aliphatic rings. The molecule has 1 rings (SSSR count). The number of phenols is 1. The predicted molar refractivity (Wildman–Crippen MR) is 63.0 cm³/mol. The van der Waals surface area contributed by atoms with Gasteiger partial charge in [0.15, 0.2) is 0 Å². The van der Waals surface area contributed by atoms with Crippen LogP contribution in [0.15, 0.2) is 12.1 Å². The van der Waals surface area contributed by atoms with E-state index in [1.165, 1.54) is 12.1 Å². The topological polar surface area (TPSA) is 63.4 Å². The molecule has 0 aliphatic carbocycles. The molecule has 4 nitrogen and oxygen atoms in total. The zero-order valence-corrected chi connectivity index (χ0v) is 10.2. The molecule has 5 heteroatoms. The molecule has 0 radical (unpaired) electrons. The number of rotatable bonds is 2. The van der Waals surface area contributed by atoms with Crippen LogP contribution in [-0.2, 0) is 11.3 Å². The highest BCUT2D eigenvalue weighted by molar-refractivity contribution is 6.17. The van der Waals surface area contributed by atoms with E-state index in [1.54, 1.807) is 0 Å². The molecule has 0 unspecified atom stereocenters. The van der Waals surface area contributed by atoms with Gasteiger partial charge in [-0.3, -0.25) is 10.1 Å². The van der Waals surface area contributed by atoms with Gasteiger partial charge in [0.2, 0.25) is 0 Å². The zero-order valence-electron chi connectivity index (χ0n) is 9.45. The quantitative estimate of drug-likeness (QED) is 0.492. The van der Waals surface area contributed by atoms with Crippen molar-refractivity contribution in [1.29, 1.82) is 0 Å². The predicted octanol–water partition coefficient (Wildman–Crippen LogP) is 3.34. The van der Waals surface area contributed by atoms with Crippen molar-refractivity contribution in [3.63, 3.8) is 0 Å². The molecule has 0 heterocycles. The number of alkyl halides is 1. The van der Waals surface area contributed by atoms with E-state index >= 15 is 0 Å². The first-order chi connectivity index (χ1) is 7.27. The number of benzene rings is 1. The second-order valence-electron chi connectivity index (χ2n) is 4.64. The van der Waals surface area contributed by atoms with Crippen LogP contribution in [0, 0.1) is 10.1 Å². The maximum Gasteiger partial charge on any atom is 0.270 e. The molecule has 0 saturated heterocycles. The number of non-ortho nitro benzene ring substituents is 1. The lowest BCUT2D eigenvalue weighted by Crippen LogP contribution is -2.12. The maximum atomic E-state index is 10.7. The molecule has 16 heavy (non-hydrogen) atoms. The Bertz CT molecular complexity index is 424. The fraction of sp³-hybridized carbons (Fsp3) is 0.455. The summed E-state index contributed by atoms with van der Waals surface area (Å²) in [5.74, 6) is 0.101. The molecule has 88 valence electrons. The Hall–Kier alpha value is -1.29. The Balaban J connectivity index is 3.48. The van der Waals surface area contributed by atoms with Crippen molar-refractivity contribution in [2.75, 3.05) is 0 Å². The summed E-state index contributed by atoms with van der Waals surface area (Å²) in [5.41, 5.74) is 0.521. The van der Waals surface area contributed by atoms with Crippen molar-refractivity contribution in [3.05, 3.63) is 33.4 Å². The van der Waals surface area contributed by atoms with E-state index in [2.05, 4.69) is 0 Å². The molecule has 0 bridgehead atoms. The Morgan fingerprint density at radius 3 is 2.38 bits per heavy atom. The van der Waals surface area contributed by atoms with Gasteiger partial charge in [0.25, 0.3) is 5.69 Å². The maximum absolute atomic E-state index is 10.7. The van der Waals surface area contributed by atoms with E-state index in [-0.39, 0.29) is 22.7 Å². The van der Waals surface area contributed by atoms with E-state index in [1.807, 2.05) is 20.8 Å². The van der Waals surface area contributed by atoms with E-state index in [0.29, 0.717) is 11.1 Å². The molecule has 0 fully saturated rings. The summed E-state index contributed by atoms with van der Waals surface area (Å²) < 4.78 is 0. The summed E-state index contributed by atoms with van der Waals surface area (Å²) in [5, 5.41) is 20.7. The monoisotopic (exact) mass is 243 g/mol. The average Bonchev–Trinajstić information content (AvgIpc) is 2.15. The standard InChI is InChI=1S/C11H14ClNO3/c1-11(2,3)9-5-8(13(15)16)4-7(6-12)10(9)14/h4-5,14H,6H2,1-3H3. The number of aromatic hydroxyl groups is 1. The minimum absolute atomic E-state index is 0.0432. The lowest BCUT2D eigenvalue weighted by molar-refractivity contribution is -0.385. The largest absolute Gasteiger partial charge is 0.507 e. The van der Waals surface area contributed by atoms with Crippen molar-refractivity contribution in [2.45, 2.75) is 32.1 Å². The fourth-order valence-corrected chi connectivity index (χ4v) is 1.66. The minimum Gasteiger partial charge on any atom is -0.507 e. The molecule has 0 spiro atoms. The van der Waals surface area contributed by atoms with Crippen LogP contribution in [0.4, 0.5) is 5.69 Å². The summed E-state index contributed by atoms with van der Waals surface area (Å²) in [6.07, 6.45) is 0. The van der Waals surface area contributed by atoms with Gasteiger partial charge < -0.3 is 5.11 Å². The van der Waals surface area contributed by atoms with E-state index in [9.17, 15) is 15.2 Å². The van der Waals surface area contributed by atoms with E-state index in [0.717, 1.165) is 0 Å². The number of halogens is 1. The summed E-state index contributed by atoms with van der Waals surface area (Å²) in [4.78, 5) is 10.3. The molecule has 0 atom stereocenters. The van der Waals surface area contributed by atoms with Crippen LogP contribution in [0.2, 0.25) is 0 Å².